The molecule has 0 fully saturated rings. The van der Waals surface area contributed by atoms with Crippen molar-refractivity contribution in [2.75, 3.05) is 0 Å². The van der Waals surface area contributed by atoms with E-state index in [0.717, 1.165) is 19.3 Å². The Morgan fingerprint density at radius 2 is 2.00 bits per heavy atom. The van der Waals surface area contributed by atoms with Gasteiger partial charge in [0.15, 0.2) is 0 Å². The second-order valence-corrected chi connectivity index (χ2v) is 3.92. The Bertz CT molecular complexity index is 305. The third-order valence-electron chi connectivity index (χ3n) is 2.58. The van der Waals surface area contributed by atoms with Crippen molar-refractivity contribution in [2.45, 2.75) is 45.7 Å². The van der Waals surface area contributed by atoms with Gasteiger partial charge in [-0.2, -0.15) is 0 Å². The van der Waals surface area contributed by atoms with Crippen molar-refractivity contribution >= 4 is 0 Å². The summed E-state index contributed by atoms with van der Waals surface area (Å²) in [6.45, 7) is 3.58. The topological polar surface area (TPSA) is 0 Å². The Labute approximate surface area is 90.3 Å². The summed E-state index contributed by atoms with van der Waals surface area (Å²) < 4.78 is 26.3. The van der Waals surface area contributed by atoms with Gasteiger partial charge < -0.3 is 0 Å². The second-order valence-electron chi connectivity index (χ2n) is 3.92. The number of hydrogen-bond donors (Lipinski definition) is 0. The molecule has 1 rings (SSSR count). The fourth-order valence-corrected chi connectivity index (χ4v) is 1.60. The summed E-state index contributed by atoms with van der Waals surface area (Å²) in [5, 5.41) is 0. The smallest absolute Gasteiger partial charge is 0.126 e. The van der Waals surface area contributed by atoms with Crippen LogP contribution in [0.5, 0.6) is 0 Å². The lowest BCUT2D eigenvalue weighted by Gasteiger charge is -2.07. The first kappa shape index (κ1) is 12.2. The van der Waals surface area contributed by atoms with Crippen molar-refractivity contribution in [3.8, 4) is 0 Å². The molecule has 0 aliphatic heterocycles. The zero-order valence-electron chi connectivity index (χ0n) is 9.39. The van der Waals surface area contributed by atoms with Crippen LogP contribution in [0.1, 0.15) is 50.4 Å². The van der Waals surface area contributed by atoms with Crippen molar-refractivity contribution in [2.24, 2.45) is 0 Å². The van der Waals surface area contributed by atoms with Crippen LogP contribution in [0.2, 0.25) is 0 Å². The molecule has 15 heavy (non-hydrogen) atoms. The van der Waals surface area contributed by atoms with Gasteiger partial charge in [-0.3, -0.25) is 0 Å². The molecule has 0 bridgehead atoms. The first-order valence-electron chi connectivity index (χ1n) is 5.57. The lowest BCUT2D eigenvalue weighted by atomic mass is 10.0. The first-order chi connectivity index (χ1) is 7.15. The fraction of sp³-hybridized carbons (Fsp3) is 0.538. The highest BCUT2D eigenvalue weighted by atomic mass is 19.1. The molecule has 0 radical (unpaired) electrons. The van der Waals surface area contributed by atoms with E-state index in [1.165, 1.54) is 19.1 Å². The molecule has 1 atom stereocenters. The molecular formula is C13H18F2. The van der Waals surface area contributed by atoms with Crippen LogP contribution in [0.25, 0.3) is 0 Å². The van der Waals surface area contributed by atoms with Crippen LogP contribution in [0, 0.1) is 5.82 Å². The van der Waals surface area contributed by atoms with Gasteiger partial charge in [-0.25, -0.2) is 8.78 Å². The summed E-state index contributed by atoms with van der Waals surface area (Å²) in [7, 11) is 0. The van der Waals surface area contributed by atoms with Crippen molar-refractivity contribution < 1.29 is 8.78 Å². The van der Waals surface area contributed by atoms with Crippen LogP contribution in [-0.4, -0.2) is 0 Å². The Morgan fingerprint density at radius 1 is 1.27 bits per heavy atom. The highest BCUT2D eigenvalue weighted by Crippen LogP contribution is 2.20. The molecule has 0 saturated heterocycles. The molecule has 1 unspecified atom stereocenters. The van der Waals surface area contributed by atoms with Crippen LogP contribution in [0.3, 0.4) is 0 Å². The summed E-state index contributed by atoms with van der Waals surface area (Å²) in [6.07, 6.45) is 2.86. The van der Waals surface area contributed by atoms with Gasteiger partial charge in [0.05, 0.1) is 0 Å². The number of hydrogen-bond acceptors (Lipinski definition) is 0. The SMILES string of the molecule is CCCCCc1cc(C(C)F)ccc1F. The third-order valence-corrected chi connectivity index (χ3v) is 2.58. The lowest BCUT2D eigenvalue weighted by Crippen LogP contribution is -1.94. The molecule has 0 aliphatic carbocycles. The second kappa shape index (κ2) is 5.84. The van der Waals surface area contributed by atoms with Crippen molar-refractivity contribution in [1.82, 2.24) is 0 Å². The van der Waals surface area contributed by atoms with Crippen LogP contribution in [0.15, 0.2) is 18.2 Å². The predicted octanol–water partition coefficient (Wildman–Crippen LogP) is 4.59. The van der Waals surface area contributed by atoms with Gasteiger partial charge in [0.2, 0.25) is 0 Å². The van der Waals surface area contributed by atoms with E-state index in [9.17, 15) is 8.78 Å². The summed E-state index contributed by atoms with van der Waals surface area (Å²) in [4.78, 5) is 0. The minimum atomic E-state index is -1.02. The molecule has 1 aromatic rings. The molecule has 0 aliphatic rings. The van der Waals surface area contributed by atoms with Crippen molar-refractivity contribution in [3.63, 3.8) is 0 Å². The van der Waals surface area contributed by atoms with E-state index in [1.807, 2.05) is 0 Å². The molecule has 0 N–H and O–H groups in total. The minimum Gasteiger partial charge on any atom is -0.243 e. The van der Waals surface area contributed by atoms with Gasteiger partial charge in [-0.05, 0) is 37.0 Å². The fourth-order valence-electron chi connectivity index (χ4n) is 1.60. The number of aryl methyl sites for hydroxylation is 1. The van der Waals surface area contributed by atoms with Gasteiger partial charge in [-0.15, -0.1) is 0 Å². The first-order valence-corrected chi connectivity index (χ1v) is 5.57. The quantitative estimate of drug-likeness (QED) is 0.626. The van der Waals surface area contributed by atoms with E-state index < -0.39 is 6.17 Å². The summed E-state index contributed by atoms with van der Waals surface area (Å²) in [6, 6.07) is 4.53. The number of alkyl halides is 1. The molecular weight excluding hydrogens is 194 g/mol. The number of halogens is 2. The largest absolute Gasteiger partial charge is 0.243 e. The van der Waals surface area contributed by atoms with Gasteiger partial charge >= 0.3 is 0 Å². The van der Waals surface area contributed by atoms with Gasteiger partial charge in [0.25, 0.3) is 0 Å². The van der Waals surface area contributed by atoms with E-state index in [-0.39, 0.29) is 5.82 Å². The van der Waals surface area contributed by atoms with E-state index in [2.05, 4.69) is 6.92 Å². The molecule has 0 nitrogen and oxygen atoms in total. The van der Waals surface area contributed by atoms with Gasteiger partial charge in [-0.1, -0.05) is 31.9 Å². The Morgan fingerprint density at radius 3 is 2.60 bits per heavy atom. The number of rotatable bonds is 5. The molecule has 0 aromatic heterocycles. The standard InChI is InChI=1S/C13H18F2/c1-3-4-5-6-12-9-11(10(2)14)7-8-13(12)15/h7-10H,3-6H2,1-2H3. The predicted molar refractivity (Wildman–Crippen MR) is 59.2 cm³/mol. The number of unbranched alkanes of at least 4 members (excludes halogenated alkanes) is 2. The Kier molecular flexibility index (Phi) is 4.73. The highest BCUT2D eigenvalue weighted by molar-refractivity contribution is 5.26. The Hall–Kier alpha value is -0.920. The Balaban J connectivity index is 2.72. The molecule has 0 amide bonds. The zero-order chi connectivity index (χ0) is 11.3. The molecule has 0 spiro atoms. The van der Waals surface area contributed by atoms with Crippen LogP contribution in [0.4, 0.5) is 8.78 Å². The maximum atomic E-state index is 13.3. The maximum Gasteiger partial charge on any atom is 0.126 e. The molecule has 2 heteroatoms. The summed E-state index contributed by atoms with van der Waals surface area (Å²) in [5.41, 5.74) is 1.22. The molecule has 0 saturated carbocycles. The van der Waals surface area contributed by atoms with E-state index >= 15 is 0 Å². The summed E-state index contributed by atoms with van der Waals surface area (Å²) in [5.74, 6) is -0.212. The van der Waals surface area contributed by atoms with Crippen LogP contribution in [-0.2, 0) is 6.42 Å². The molecule has 1 aromatic carbocycles. The van der Waals surface area contributed by atoms with Crippen LogP contribution >= 0.6 is 0 Å². The maximum absolute atomic E-state index is 13.3. The molecule has 0 heterocycles. The zero-order valence-corrected chi connectivity index (χ0v) is 9.39. The van der Waals surface area contributed by atoms with Gasteiger partial charge in [0.1, 0.15) is 12.0 Å². The van der Waals surface area contributed by atoms with E-state index in [1.54, 1.807) is 6.07 Å². The number of benzene rings is 1. The minimum absolute atomic E-state index is 0.212. The highest BCUT2D eigenvalue weighted by Gasteiger charge is 2.07. The average Bonchev–Trinajstić information content (AvgIpc) is 2.20. The summed E-state index contributed by atoms with van der Waals surface area (Å²) >= 11 is 0. The van der Waals surface area contributed by atoms with E-state index in [4.69, 9.17) is 0 Å². The van der Waals surface area contributed by atoms with Crippen molar-refractivity contribution in [3.05, 3.63) is 35.1 Å². The average molecular weight is 212 g/mol. The lowest BCUT2D eigenvalue weighted by molar-refractivity contribution is 0.373. The van der Waals surface area contributed by atoms with Gasteiger partial charge in [0, 0.05) is 0 Å². The van der Waals surface area contributed by atoms with Crippen LogP contribution < -0.4 is 0 Å². The normalized spacial score (nSPS) is 12.8. The molecule has 84 valence electrons. The van der Waals surface area contributed by atoms with Crippen molar-refractivity contribution in [1.29, 1.82) is 0 Å². The third kappa shape index (κ3) is 3.61. The van der Waals surface area contributed by atoms with E-state index in [0.29, 0.717) is 17.5 Å². The monoisotopic (exact) mass is 212 g/mol.